The number of hydrogen-bond acceptors (Lipinski definition) is 4. The molecule has 1 N–H and O–H groups in total. The molecule has 0 saturated heterocycles. The average Bonchev–Trinajstić information content (AvgIpc) is 3.29. The Hall–Kier alpha value is -3.16. The monoisotopic (exact) mass is 522 g/mol. The van der Waals surface area contributed by atoms with Crippen LogP contribution in [-0.4, -0.2) is 47.7 Å². The Kier molecular flexibility index (Phi) is 9.36. The molecule has 1 unspecified atom stereocenters. The highest BCUT2D eigenvalue weighted by atomic mass is 35.5. The van der Waals surface area contributed by atoms with Gasteiger partial charge in [-0.1, -0.05) is 61.3 Å². The Bertz CT molecular complexity index is 1210. The minimum absolute atomic E-state index is 0.210. The first-order valence-electron chi connectivity index (χ1n) is 13.0. The van der Waals surface area contributed by atoms with Crippen molar-refractivity contribution in [1.29, 1.82) is 0 Å². The Morgan fingerprint density at radius 1 is 1.16 bits per heavy atom. The molecule has 1 atom stereocenters. The molecule has 0 aliphatic carbocycles. The Balaban J connectivity index is 1.70. The maximum absolute atomic E-state index is 13.9. The van der Waals surface area contributed by atoms with Crippen molar-refractivity contribution in [2.24, 2.45) is 0 Å². The second kappa shape index (κ2) is 12.9. The number of amides is 2. The zero-order chi connectivity index (χ0) is 26.2. The second-order valence-electron chi connectivity index (χ2n) is 9.45. The Labute approximate surface area is 223 Å². The first-order chi connectivity index (χ1) is 18.0. The van der Waals surface area contributed by atoms with E-state index in [1.807, 2.05) is 34.9 Å². The van der Waals surface area contributed by atoms with E-state index >= 15 is 0 Å². The number of imidazole rings is 1. The highest BCUT2D eigenvalue weighted by Crippen LogP contribution is 2.28. The molecule has 2 aromatic carbocycles. The van der Waals surface area contributed by atoms with Gasteiger partial charge in [-0.2, -0.15) is 0 Å². The van der Waals surface area contributed by atoms with Crippen LogP contribution in [0.15, 0.2) is 54.6 Å². The lowest BCUT2D eigenvalue weighted by molar-refractivity contribution is 0.0887. The molecule has 196 valence electrons. The topological polar surface area (TPSA) is 76.5 Å². The predicted molar refractivity (Wildman–Crippen MR) is 146 cm³/mol. The van der Waals surface area contributed by atoms with E-state index in [1.165, 1.54) is 0 Å². The molecule has 0 spiro atoms. The first-order valence-corrected chi connectivity index (χ1v) is 13.4. The van der Waals surface area contributed by atoms with E-state index in [4.69, 9.17) is 21.3 Å². The minimum atomic E-state index is -0.242. The lowest BCUT2D eigenvalue weighted by Crippen LogP contribution is -2.42. The number of rotatable bonds is 11. The number of benzene rings is 2. The molecule has 37 heavy (non-hydrogen) atoms. The number of fused-ring (bicyclic) bond motifs is 1. The van der Waals surface area contributed by atoms with E-state index in [9.17, 15) is 9.59 Å². The van der Waals surface area contributed by atoms with Gasteiger partial charge in [0, 0.05) is 37.2 Å². The van der Waals surface area contributed by atoms with Gasteiger partial charge in [-0.25, -0.2) is 4.98 Å². The summed E-state index contributed by atoms with van der Waals surface area (Å²) in [7, 11) is 1.63. The molecule has 0 fully saturated rings. The zero-order valence-electron chi connectivity index (χ0n) is 21.6. The lowest BCUT2D eigenvalue weighted by atomic mass is 10.1. The molecule has 1 aromatic heterocycles. The maximum atomic E-state index is 13.9. The zero-order valence-corrected chi connectivity index (χ0v) is 22.3. The molecule has 1 aliphatic heterocycles. The molecular formula is C29H35ClN4O3. The molecule has 0 bridgehead atoms. The van der Waals surface area contributed by atoms with Crippen LogP contribution >= 0.6 is 11.6 Å². The fourth-order valence-electron chi connectivity index (χ4n) is 4.78. The fourth-order valence-corrected chi connectivity index (χ4v) is 4.98. The van der Waals surface area contributed by atoms with Crippen LogP contribution in [0.3, 0.4) is 0 Å². The summed E-state index contributed by atoms with van der Waals surface area (Å²) in [6.07, 6.45) is 5.08. The standard InChI is InChI=1S/C29H35ClN4O3/c1-3-4-16-34(29(36)22-13-10-14-23(30)19-22)27-26(33-17-9-8-15-25(33)32-27)28(35)31-24(20-37-2)18-21-11-6-5-7-12-21/h5-7,10-14,19,24H,3-4,8-9,15-18,20H2,1-2H3,(H,31,35). The van der Waals surface area contributed by atoms with Gasteiger partial charge in [0.15, 0.2) is 11.5 Å². The van der Waals surface area contributed by atoms with Gasteiger partial charge in [-0.15, -0.1) is 0 Å². The van der Waals surface area contributed by atoms with Crippen LogP contribution in [0.4, 0.5) is 5.82 Å². The van der Waals surface area contributed by atoms with Gasteiger partial charge in [0.25, 0.3) is 11.8 Å². The van der Waals surface area contributed by atoms with Gasteiger partial charge in [-0.05, 0) is 49.4 Å². The summed E-state index contributed by atoms with van der Waals surface area (Å²) in [5.41, 5.74) is 2.03. The number of nitrogens with zero attached hydrogens (tertiary/aromatic N) is 3. The van der Waals surface area contributed by atoms with E-state index in [2.05, 4.69) is 12.2 Å². The Morgan fingerprint density at radius 3 is 2.70 bits per heavy atom. The van der Waals surface area contributed by atoms with E-state index in [1.54, 1.807) is 36.3 Å². The average molecular weight is 523 g/mol. The molecule has 3 aromatic rings. The molecule has 2 heterocycles. The molecular weight excluding hydrogens is 488 g/mol. The van der Waals surface area contributed by atoms with Gasteiger partial charge in [0.1, 0.15) is 5.82 Å². The summed E-state index contributed by atoms with van der Waals surface area (Å²) < 4.78 is 7.42. The summed E-state index contributed by atoms with van der Waals surface area (Å²) in [6, 6.07) is 16.7. The van der Waals surface area contributed by atoms with Crippen LogP contribution < -0.4 is 10.2 Å². The number of anilines is 1. The summed E-state index contributed by atoms with van der Waals surface area (Å²) in [6.45, 7) is 3.61. The van der Waals surface area contributed by atoms with Crippen LogP contribution in [0.5, 0.6) is 0 Å². The molecule has 7 nitrogen and oxygen atoms in total. The number of nitrogens with one attached hydrogen (secondary N) is 1. The third kappa shape index (κ3) is 6.59. The van der Waals surface area contributed by atoms with Crippen molar-refractivity contribution >= 4 is 29.2 Å². The number of aromatic nitrogens is 2. The molecule has 1 aliphatic rings. The number of aryl methyl sites for hydroxylation is 1. The molecule has 0 radical (unpaired) electrons. The third-order valence-corrected chi connectivity index (χ3v) is 6.85. The van der Waals surface area contributed by atoms with Crippen molar-refractivity contribution in [3.05, 3.63) is 82.3 Å². The quantitative estimate of drug-likeness (QED) is 0.370. The number of carbonyl (C=O) groups excluding carboxylic acids is 2. The van der Waals surface area contributed by atoms with Gasteiger partial charge >= 0.3 is 0 Å². The highest BCUT2D eigenvalue weighted by molar-refractivity contribution is 6.31. The van der Waals surface area contributed by atoms with Gasteiger partial charge in [0.05, 0.1) is 12.6 Å². The van der Waals surface area contributed by atoms with Crippen LogP contribution in [0, 0.1) is 0 Å². The van der Waals surface area contributed by atoms with E-state index in [-0.39, 0.29) is 17.9 Å². The molecule has 2 amide bonds. The van der Waals surface area contributed by atoms with E-state index in [0.29, 0.717) is 48.2 Å². The molecule has 0 saturated carbocycles. The van der Waals surface area contributed by atoms with E-state index in [0.717, 1.165) is 43.5 Å². The normalized spacial score (nSPS) is 13.6. The van der Waals surface area contributed by atoms with Crippen molar-refractivity contribution in [3.63, 3.8) is 0 Å². The third-order valence-electron chi connectivity index (χ3n) is 6.61. The number of unbranched alkanes of at least 4 members (excludes halogenated alkanes) is 1. The van der Waals surface area contributed by atoms with Crippen molar-refractivity contribution in [2.75, 3.05) is 25.2 Å². The van der Waals surface area contributed by atoms with Crippen molar-refractivity contribution in [1.82, 2.24) is 14.9 Å². The van der Waals surface area contributed by atoms with Crippen LogP contribution in [0.25, 0.3) is 0 Å². The molecule has 4 rings (SSSR count). The maximum Gasteiger partial charge on any atom is 0.272 e. The number of ether oxygens (including phenoxy) is 1. The van der Waals surface area contributed by atoms with Crippen LogP contribution in [0.1, 0.15) is 64.8 Å². The van der Waals surface area contributed by atoms with Crippen LogP contribution in [-0.2, 0) is 24.1 Å². The van der Waals surface area contributed by atoms with Gasteiger partial charge < -0.3 is 14.6 Å². The second-order valence-corrected chi connectivity index (χ2v) is 9.88. The van der Waals surface area contributed by atoms with Gasteiger partial charge in [-0.3, -0.25) is 14.5 Å². The van der Waals surface area contributed by atoms with Gasteiger partial charge in [0.2, 0.25) is 0 Å². The smallest absolute Gasteiger partial charge is 0.272 e. The Morgan fingerprint density at radius 2 is 1.97 bits per heavy atom. The van der Waals surface area contributed by atoms with Crippen molar-refractivity contribution < 1.29 is 14.3 Å². The van der Waals surface area contributed by atoms with Crippen LogP contribution in [0.2, 0.25) is 5.02 Å². The number of halogens is 1. The summed E-state index contributed by atoms with van der Waals surface area (Å²) in [5, 5.41) is 3.67. The number of hydrogen-bond donors (Lipinski definition) is 1. The van der Waals surface area contributed by atoms with E-state index < -0.39 is 0 Å². The largest absolute Gasteiger partial charge is 0.383 e. The summed E-state index contributed by atoms with van der Waals surface area (Å²) >= 11 is 6.20. The lowest BCUT2D eigenvalue weighted by Gasteiger charge is -2.24. The summed E-state index contributed by atoms with van der Waals surface area (Å²) in [5.74, 6) is 0.814. The number of carbonyl (C=O) groups is 2. The van der Waals surface area contributed by atoms with Crippen molar-refractivity contribution in [3.8, 4) is 0 Å². The molecule has 8 heteroatoms. The first kappa shape index (κ1) is 26.9. The predicted octanol–water partition coefficient (Wildman–Crippen LogP) is 5.31. The SMILES string of the molecule is CCCCN(C(=O)c1cccc(Cl)c1)c1nc2n(c1C(=O)NC(COC)Cc1ccccc1)CCCC2. The minimum Gasteiger partial charge on any atom is -0.383 e. The highest BCUT2D eigenvalue weighted by Gasteiger charge is 2.32. The fraction of sp³-hybridized carbons (Fsp3) is 0.414. The van der Waals surface area contributed by atoms with Crippen molar-refractivity contribution in [2.45, 2.75) is 58.0 Å². The summed E-state index contributed by atoms with van der Waals surface area (Å²) in [4.78, 5) is 34.1. The number of methoxy groups -OCH3 is 1.